The fourth-order valence-corrected chi connectivity index (χ4v) is 1.65. The summed E-state index contributed by atoms with van der Waals surface area (Å²) in [6.45, 7) is 8.33. The van der Waals surface area contributed by atoms with Crippen molar-refractivity contribution in [2.45, 2.75) is 51.3 Å². The number of carbonyl (C=O) groups excluding carboxylic acids is 1. The Balaban J connectivity index is 3.88. The van der Waals surface area contributed by atoms with Crippen molar-refractivity contribution in [1.82, 2.24) is 5.32 Å². The lowest BCUT2D eigenvalue weighted by Crippen LogP contribution is -2.35. The third-order valence-electron chi connectivity index (χ3n) is 1.75. The van der Waals surface area contributed by atoms with Gasteiger partial charge in [0.2, 0.25) is 5.91 Å². The van der Waals surface area contributed by atoms with Gasteiger partial charge in [0.15, 0.2) is 0 Å². The van der Waals surface area contributed by atoms with E-state index < -0.39 is 0 Å². The minimum absolute atomic E-state index is 0.0336. The van der Waals surface area contributed by atoms with Gasteiger partial charge in [0.05, 0.1) is 11.8 Å². The molecule has 0 radical (unpaired) electrons. The topological polar surface area (TPSA) is 29.1 Å². The molecule has 3 heteroatoms. The summed E-state index contributed by atoms with van der Waals surface area (Å²) in [5.41, 5.74) is 0. The van der Waals surface area contributed by atoms with Gasteiger partial charge in [0.25, 0.3) is 0 Å². The Labute approximate surface area is 97.6 Å². The van der Waals surface area contributed by atoms with E-state index in [9.17, 15) is 4.79 Å². The molecule has 0 bridgehead atoms. The molecule has 2 nitrogen and oxygen atoms in total. The molecule has 1 unspecified atom stereocenters. The number of carbonyl (C=O) groups is 1. The SMILES string of the molecule is C#CC(CCC)NC(=O)CSC(C)(C)C. The van der Waals surface area contributed by atoms with Crippen molar-refractivity contribution >= 4 is 17.7 Å². The quantitative estimate of drug-likeness (QED) is 0.731. The summed E-state index contributed by atoms with van der Waals surface area (Å²) >= 11 is 1.63. The lowest BCUT2D eigenvalue weighted by molar-refractivity contribution is -0.118. The lowest BCUT2D eigenvalue weighted by Gasteiger charge is -2.18. The van der Waals surface area contributed by atoms with E-state index >= 15 is 0 Å². The third-order valence-corrected chi connectivity index (χ3v) is 3.02. The first-order chi connectivity index (χ1) is 6.89. The standard InChI is InChI=1S/C12H21NOS/c1-6-8-10(7-2)13-11(14)9-15-12(3,4)5/h2,10H,6,8-9H2,1,3-5H3,(H,13,14). The molecule has 0 aliphatic heterocycles. The molecule has 1 atom stereocenters. The molecule has 0 heterocycles. The number of terminal acetylenes is 1. The van der Waals surface area contributed by atoms with E-state index in [1.54, 1.807) is 11.8 Å². The number of hydrogen-bond donors (Lipinski definition) is 1. The van der Waals surface area contributed by atoms with Crippen molar-refractivity contribution in [3.8, 4) is 12.3 Å². The van der Waals surface area contributed by atoms with Gasteiger partial charge < -0.3 is 5.32 Å². The molecular weight excluding hydrogens is 206 g/mol. The molecular formula is C12H21NOS. The van der Waals surface area contributed by atoms with Crippen molar-refractivity contribution in [3.63, 3.8) is 0 Å². The van der Waals surface area contributed by atoms with E-state index in [0.717, 1.165) is 12.8 Å². The molecule has 1 amide bonds. The zero-order chi connectivity index (χ0) is 11.9. The first kappa shape index (κ1) is 14.4. The Hall–Kier alpha value is -0.620. The molecule has 0 aromatic heterocycles. The summed E-state index contributed by atoms with van der Waals surface area (Å²) in [7, 11) is 0. The highest BCUT2D eigenvalue weighted by Gasteiger charge is 2.14. The maximum absolute atomic E-state index is 11.5. The summed E-state index contributed by atoms with van der Waals surface area (Å²) in [5.74, 6) is 3.10. The first-order valence-corrected chi connectivity index (χ1v) is 6.27. The van der Waals surface area contributed by atoms with Crippen molar-refractivity contribution in [2.75, 3.05) is 5.75 Å². The van der Waals surface area contributed by atoms with Gasteiger partial charge in [0, 0.05) is 4.75 Å². The highest BCUT2D eigenvalue weighted by Crippen LogP contribution is 2.22. The number of hydrogen-bond acceptors (Lipinski definition) is 2. The second-order valence-electron chi connectivity index (χ2n) is 4.48. The Bertz CT molecular complexity index is 237. The summed E-state index contributed by atoms with van der Waals surface area (Å²) in [5, 5.41) is 2.84. The van der Waals surface area contributed by atoms with Gasteiger partial charge in [-0.2, -0.15) is 0 Å². The average molecular weight is 227 g/mol. The minimum Gasteiger partial charge on any atom is -0.342 e. The van der Waals surface area contributed by atoms with Gasteiger partial charge in [0.1, 0.15) is 0 Å². The molecule has 86 valence electrons. The van der Waals surface area contributed by atoms with E-state index in [1.165, 1.54) is 0 Å². The van der Waals surface area contributed by atoms with E-state index in [1.807, 2.05) is 0 Å². The molecule has 0 aromatic carbocycles. The number of rotatable bonds is 5. The summed E-state index contributed by atoms with van der Waals surface area (Å²) in [6.07, 6.45) is 7.15. The van der Waals surface area contributed by atoms with Crippen molar-refractivity contribution in [2.24, 2.45) is 0 Å². The molecule has 0 rings (SSSR count). The van der Waals surface area contributed by atoms with Crippen molar-refractivity contribution in [1.29, 1.82) is 0 Å². The predicted molar refractivity (Wildman–Crippen MR) is 67.9 cm³/mol. The normalized spacial score (nSPS) is 13.0. The molecule has 1 N–H and O–H groups in total. The predicted octanol–water partition coefficient (Wildman–Crippen LogP) is 2.44. The van der Waals surface area contributed by atoms with Crippen LogP contribution < -0.4 is 5.32 Å². The van der Waals surface area contributed by atoms with Crippen LogP contribution in [0.1, 0.15) is 40.5 Å². The molecule has 0 saturated carbocycles. The minimum atomic E-state index is -0.108. The van der Waals surface area contributed by atoms with Crippen LogP contribution in [-0.2, 0) is 4.79 Å². The number of nitrogens with one attached hydrogen (secondary N) is 1. The zero-order valence-electron chi connectivity index (χ0n) is 10.1. The summed E-state index contributed by atoms with van der Waals surface area (Å²) in [6, 6.07) is -0.108. The second kappa shape index (κ2) is 6.79. The van der Waals surface area contributed by atoms with E-state index in [4.69, 9.17) is 6.42 Å². The van der Waals surface area contributed by atoms with Crippen LogP contribution in [0.4, 0.5) is 0 Å². The van der Waals surface area contributed by atoms with Crippen LogP contribution in [0.15, 0.2) is 0 Å². The Morgan fingerprint density at radius 1 is 1.53 bits per heavy atom. The average Bonchev–Trinajstić information content (AvgIpc) is 2.13. The molecule has 0 spiro atoms. The van der Waals surface area contributed by atoms with Gasteiger partial charge in [-0.25, -0.2) is 0 Å². The van der Waals surface area contributed by atoms with Crippen LogP contribution in [-0.4, -0.2) is 22.4 Å². The molecule has 0 aromatic rings. The van der Waals surface area contributed by atoms with Crippen molar-refractivity contribution in [3.05, 3.63) is 0 Å². The fraction of sp³-hybridized carbons (Fsp3) is 0.750. The van der Waals surface area contributed by atoms with Crippen molar-refractivity contribution < 1.29 is 4.79 Å². The van der Waals surface area contributed by atoms with E-state index in [2.05, 4.69) is 38.9 Å². The maximum atomic E-state index is 11.5. The van der Waals surface area contributed by atoms with Gasteiger partial charge in [-0.05, 0) is 6.42 Å². The Morgan fingerprint density at radius 3 is 2.53 bits per heavy atom. The van der Waals surface area contributed by atoms with Gasteiger partial charge in [-0.1, -0.05) is 40.0 Å². The molecule has 0 aliphatic rings. The summed E-state index contributed by atoms with van der Waals surface area (Å²) in [4.78, 5) is 11.5. The molecule has 15 heavy (non-hydrogen) atoms. The van der Waals surface area contributed by atoms with Crippen LogP contribution in [0.2, 0.25) is 0 Å². The number of thioether (sulfide) groups is 1. The van der Waals surface area contributed by atoms with Crippen LogP contribution in [0.25, 0.3) is 0 Å². The molecule has 0 aliphatic carbocycles. The molecule has 0 saturated heterocycles. The van der Waals surface area contributed by atoms with E-state index in [0.29, 0.717) is 5.75 Å². The van der Waals surface area contributed by atoms with Gasteiger partial charge in [-0.15, -0.1) is 18.2 Å². The van der Waals surface area contributed by atoms with Crippen LogP contribution in [0.5, 0.6) is 0 Å². The van der Waals surface area contributed by atoms with Gasteiger partial charge >= 0.3 is 0 Å². The van der Waals surface area contributed by atoms with Gasteiger partial charge in [-0.3, -0.25) is 4.79 Å². The van der Waals surface area contributed by atoms with E-state index in [-0.39, 0.29) is 16.7 Å². The smallest absolute Gasteiger partial charge is 0.230 e. The molecule has 0 fully saturated rings. The number of amides is 1. The second-order valence-corrected chi connectivity index (χ2v) is 6.28. The third kappa shape index (κ3) is 8.38. The zero-order valence-corrected chi connectivity index (χ0v) is 10.9. The maximum Gasteiger partial charge on any atom is 0.230 e. The Kier molecular flexibility index (Phi) is 6.51. The Morgan fingerprint density at radius 2 is 2.13 bits per heavy atom. The lowest BCUT2D eigenvalue weighted by atomic mass is 10.2. The highest BCUT2D eigenvalue weighted by atomic mass is 32.2. The van der Waals surface area contributed by atoms with Crippen LogP contribution in [0, 0.1) is 12.3 Å². The summed E-state index contributed by atoms with van der Waals surface area (Å²) < 4.78 is 0.119. The monoisotopic (exact) mass is 227 g/mol. The fourth-order valence-electron chi connectivity index (χ4n) is 1.00. The van der Waals surface area contributed by atoms with Crippen LogP contribution >= 0.6 is 11.8 Å². The first-order valence-electron chi connectivity index (χ1n) is 5.28. The highest BCUT2D eigenvalue weighted by molar-refractivity contribution is 8.01. The largest absolute Gasteiger partial charge is 0.342 e. The van der Waals surface area contributed by atoms with Crippen LogP contribution in [0.3, 0.4) is 0 Å².